The molecule has 2 aliphatic rings. The molecule has 1 saturated carbocycles. The number of nitrogens with one attached hydrogen (secondary N) is 1. The summed E-state index contributed by atoms with van der Waals surface area (Å²) in [5.41, 5.74) is 2.27. The van der Waals surface area contributed by atoms with Gasteiger partial charge in [0.2, 0.25) is 0 Å². The highest BCUT2D eigenvalue weighted by Gasteiger charge is 2.20. The van der Waals surface area contributed by atoms with Gasteiger partial charge in [-0.3, -0.25) is 4.98 Å². The summed E-state index contributed by atoms with van der Waals surface area (Å²) in [5.74, 6) is 0. The molecule has 0 atom stereocenters. The average molecular weight is 277 g/mol. The highest BCUT2D eigenvalue weighted by molar-refractivity contribution is 5.44. The third-order valence-electron chi connectivity index (χ3n) is 3.42. The van der Waals surface area contributed by atoms with Crippen molar-refractivity contribution in [3.63, 3.8) is 0 Å². The second-order valence-electron chi connectivity index (χ2n) is 5.85. The van der Waals surface area contributed by atoms with E-state index in [2.05, 4.69) is 35.1 Å². The van der Waals surface area contributed by atoms with Crippen molar-refractivity contribution in [3.05, 3.63) is 24.0 Å². The number of nitrogens with zero attached hydrogens (tertiary/aromatic N) is 2. The maximum absolute atomic E-state index is 5.28. The van der Waals surface area contributed by atoms with E-state index in [0.29, 0.717) is 6.04 Å². The van der Waals surface area contributed by atoms with Gasteiger partial charge in [-0.15, -0.1) is 0 Å². The predicted octanol–water partition coefficient (Wildman–Crippen LogP) is 2.37. The van der Waals surface area contributed by atoms with Gasteiger partial charge in [0, 0.05) is 30.9 Å². The molecule has 3 rings (SSSR count). The van der Waals surface area contributed by atoms with E-state index in [-0.39, 0.29) is 0 Å². The fraction of sp³-hybridized carbons (Fsp3) is 0.688. The molecule has 0 unspecified atom stereocenters. The zero-order valence-electron chi connectivity index (χ0n) is 12.9. The van der Waals surface area contributed by atoms with E-state index >= 15 is 0 Å². The third kappa shape index (κ3) is 5.47. The van der Waals surface area contributed by atoms with Crippen molar-refractivity contribution in [1.82, 2.24) is 10.3 Å². The number of hydrogen-bond acceptors (Lipinski definition) is 4. The Morgan fingerprint density at radius 1 is 1.25 bits per heavy atom. The van der Waals surface area contributed by atoms with Crippen LogP contribution in [0.2, 0.25) is 0 Å². The van der Waals surface area contributed by atoms with Crippen LogP contribution in [0.4, 0.5) is 5.69 Å². The van der Waals surface area contributed by atoms with Crippen LogP contribution >= 0.6 is 0 Å². The number of hydrogen-bond donors (Lipinski definition) is 1. The van der Waals surface area contributed by atoms with Crippen LogP contribution in [0.1, 0.15) is 32.4 Å². The van der Waals surface area contributed by atoms with Crippen molar-refractivity contribution < 1.29 is 4.74 Å². The molecule has 0 spiro atoms. The third-order valence-corrected chi connectivity index (χ3v) is 3.42. The molecule has 4 nitrogen and oxygen atoms in total. The van der Waals surface area contributed by atoms with Crippen LogP contribution < -0.4 is 10.2 Å². The van der Waals surface area contributed by atoms with Crippen LogP contribution in [0, 0.1) is 6.92 Å². The molecule has 2 fully saturated rings. The smallest absolute Gasteiger partial charge is 0.0642 e. The van der Waals surface area contributed by atoms with E-state index in [4.69, 9.17) is 4.74 Å². The lowest BCUT2D eigenvalue weighted by Gasteiger charge is -2.28. The lowest BCUT2D eigenvalue weighted by atomic mass is 10.3. The van der Waals surface area contributed by atoms with Crippen molar-refractivity contribution in [2.75, 3.05) is 31.2 Å². The van der Waals surface area contributed by atoms with Crippen LogP contribution in [-0.4, -0.2) is 43.4 Å². The Balaban J connectivity index is 0.000000178. The molecule has 1 aliphatic heterocycles. The van der Waals surface area contributed by atoms with Gasteiger partial charge >= 0.3 is 0 Å². The van der Waals surface area contributed by atoms with Crippen LogP contribution in [0.5, 0.6) is 0 Å². The van der Waals surface area contributed by atoms with Gasteiger partial charge in [-0.25, -0.2) is 0 Å². The van der Waals surface area contributed by atoms with Crippen molar-refractivity contribution in [2.45, 2.75) is 45.7 Å². The SMILES string of the molecule is CC(C)NC1CC1.Cc1ccc(N2CCOCC2)cn1. The summed E-state index contributed by atoms with van der Waals surface area (Å²) in [6.07, 6.45) is 4.73. The van der Waals surface area contributed by atoms with Crippen molar-refractivity contribution in [3.8, 4) is 0 Å². The topological polar surface area (TPSA) is 37.4 Å². The molecule has 1 N–H and O–H groups in total. The van der Waals surface area contributed by atoms with Gasteiger partial charge in [0.25, 0.3) is 0 Å². The van der Waals surface area contributed by atoms with Gasteiger partial charge in [0.05, 0.1) is 25.1 Å². The van der Waals surface area contributed by atoms with E-state index in [1.165, 1.54) is 18.5 Å². The lowest BCUT2D eigenvalue weighted by Crippen LogP contribution is -2.36. The number of anilines is 1. The summed E-state index contributed by atoms with van der Waals surface area (Å²) in [4.78, 5) is 6.57. The molecule has 1 aliphatic carbocycles. The summed E-state index contributed by atoms with van der Waals surface area (Å²) >= 11 is 0. The van der Waals surface area contributed by atoms with E-state index in [1.807, 2.05) is 19.2 Å². The van der Waals surface area contributed by atoms with Gasteiger partial charge in [-0.05, 0) is 31.9 Å². The molecule has 4 heteroatoms. The van der Waals surface area contributed by atoms with Gasteiger partial charge in [0.1, 0.15) is 0 Å². The molecule has 0 aromatic carbocycles. The summed E-state index contributed by atoms with van der Waals surface area (Å²) in [6.45, 7) is 10.00. The number of ether oxygens (including phenoxy) is 1. The van der Waals surface area contributed by atoms with Gasteiger partial charge in [-0.2, -0.15) is 0 Å². The molecule has 2 heterocycles. The number of aromatic nitrogens is 1. The Morgan fingerprint density at radius 3 is 2.40 bits per heavy atom. The zero-order valence-corrected chi connectivity index (χ0v) is 12.9. The van der Waals surface area contributed by atoms with Crippen molar-refractivity contribution in [2.24, 2.45) is 0 Å². The predicted molar refractivity (Wildman–Crippen MR) is 83.3 cm³/mol. The highest BCUT2D eigenvalue weighted by atomic mass is 16.5. The number of rotatable bonds is 3. The van der Waals surface area contributed by atoms with Crippen LogP contribution in [0.3, 0.4) is 0 Å². The summed E-state index contributed by atoms with van der Waals surface area (Å²) in [7, 11) is 0. The normalized spacial score (nSPS) is 18.7. The highest BCUT2D eigenvalue weighted by Crippen LogP contribution is 2.18. The lowest BCUT2D eigenvalue weighted by molar-refractivity contribution is 0.122. The van der Waals surface area contributed by atoms with Gasteiger partial charge < -0.3 is 15.0 Å². The first-order chi connectivity index (χ1) is 9.65. The fourth-order valence-corrected chi connectivity index (χ4v) is 2.19. The van der Waals surface area contributed by atoms with Crippen molar-refractivity contribution >= 4 is 5.69 Å². The molecular weight excluding hydrogens is 250 g/mol. The molecule has 0 bridgehead atoms. The molecule has 1 saturated heterocycles. The molecule has 0 radical (unpaired) electrons. The molecular formula is C16H27N3O. The molecule has 1 aromatic rings. The Labute approximate surface area is 122 Å². The second kappa shape index (κ2) is 7.60. The first kappa shape index (κ1) is 15.3. The Hall–Kier alpha value is -1.13. The quantitative estimate of drug-likeness (QED) is 0.920. The monoisotopic (exact) mass is 277 g/mol. The first-order valence-corrected chi connectivity index (χ1v) is 7.66. The van der Waals surface area contributed by atoms with Crippen molar-refractivity contribution in [1.29, 1.82) is 0 Å². The molecule has 0 amide bonds. The molecule has 20 heavy (non-hydrogen) atoms. The van der Waals surface area contributed by atoms with Crippen LogP contribution in [0.25, 0.3) is 0 Å². The number of pyridine rings is 1. The Morgan fingerprint density at radius 2 is 1.95 bits per heavy atom. The number of morpholine rings is 1. The minimum Gasteiger partial charge on any atom is -0.378 e. The minimum absolute atomic E-state index is 0.688. The standard InChI is InChI=1S/C10H14N2O.C6H13N/c1-9-2-3-10(8-11-9)12-4-6-13-7-5-12;1-5(2)7-6-3-4-6/h2-3,8H,4-7H2,1H3;5-7H,3-4H2,1-2H3. The average Bonchev–Trinajstić information content (AvgIpc) is 3.24. The summed E-state index contributed by atoms with van der Waals surface area (Å²) in [6, 6.07) is 5.73. The second-order valence-corrected chi connectivity index (χ2v) is 5.85. The maximum atomic E-state index is 5.28. The Kier molecular flexibility index (Phi) is 5.80. The summed E-state index contributed by atoms with van der Waals surface area (Å²) in [5, 5.41) is 3.42. The van der Waals surface area contributed by atoms with E-state index < -0.39 is 0 Å². The fourth-order valence-electron chi connectivity index (χ4n) is 2.19. The molecule has 112 valence electrons. The van der Waals surface area contributed by atoms with Gasteiger partial charge in [0.15, 0.2) is 0 Å². The number of aryl methyl sites for hydroxylation is 1. The van der Waals surface area contributed by atoms with Crippen LogP contribution in [0.15, 0.2) is 18.3 Å². The van der Waals surface area contributed by atoms with Gasteiger partial charge in [-0.1, -0.05) is 13.8 Å². The maximum Gasteiger partial charge on any atom is 0.0642 e. The van der Waals surface area contributed by atoms with E-state index in [0.717, 1.165) is 38.0 Å². The largest absolute Gasteiger partial charge is 0.378 e. The molecule has 1 aromatic heterocycles. The van der Waals surface area contributed by atoms with E-state index in [9.17, 15) is 0 Å². The summed E-state index contributed by atoms with van der Waals surface area (Å²) < 4.78 is 5.28. The minimum atomic E-state index is 0.688. The van der Waals surface area contributed by atoms with E-state index in [1.54, 1.807) is 0 Å². The first-order valence-electron chi connectivity index (χ1n) is 7.66. The zero-order chi connectivity index (χ0) is 14.4. The van der Waals surface area contributed by atoms with Crippen LogP contribution in [-0.2, 0) is 4.74 Å². The Bertz CT molecular complexity index is 381.